The molecule has 1 nitrogen and oxygen atoms in total. The zero-order chi connectivity index (χ0) is 17.3. The Bertz CT molecular complexity index is 585. The molecule has 0 aromatic carbocycles. The van der Waals surface area contributed by atoms with Crippen molar-refractivity contribution in [3.63, 3.8) is 0 Å². The monoisotopic (exact) mass is 447 g/mol. The van der Waals surface area contributed by atoms with E-state index in [9.17, 15) is 0 Å². The summed E-state index contributed by atoms with van der Waals surface area (Å²) in [6, 6.07) is 0. The van der Waals surface area contributed by atoms with Gasteiger partial charge in [-0.25, -0.2) is 11.3 Å². The fraction of sp³-hybridized carbons (Fsp3) is 0.619. The molecule has 1 radical (unpaired) electrons. The molecular weight excluding hydrogens is 415 g/mol. The predicted octanol–water partition coefficient (Wildman–Crippen LogP) is -0.0439. The third-order valence-corrected chi connectivity index (χ3v) is 9.58. The topological polar surface area (TPSA) is 9.23 Å². The first kappa shape index (κ1) is 28.6. The number of allylic oxidation sites excluding steroid dienone is 6. The molecule has 1 unspecified atom stereocenters. The maximum absolute atomic E-state index is 6.74. The average Bonchev–Trinajstić information content (AvgIpc) is 3.00. The predicted molar refractivity (Wildman–Crippen MR) is 103 cm³/mol. The van der Waals surface area contributed by atoms with Crippen LogP contribution in [0, 0.1) is 11.5 Å². The molecule has 2 aliphatic rings. The molecule has 0 aromatic heterocycles. The number of hydrogen-bond donors (Lipinski definition) is 0. The minimum Gasteiger partial charge on any atom is -1.00 e. The van der Waals surface area contributed by atoms with Crippen molar-refractivity contribution < 1.29 is 51.3 Å². The average molecular weight is 448 g/mol. The van der Waals surface area contributed by atoms with Crippen molar-refractivity contribution >= 4 is 8.07 Å². The standard InChI is InChI=1S/C21H33OSi.2ClH.Ti/c1-8-15-22-21(23(6,7)18-11-9-10-12-18)14-13-17(2)16-19(21)20(3,4)5;;;/h9,11,13,16H,8,10,14-15H2,1-7H3;2*1H;/q-1;;;+3/p-2. The fourth-order valence-corrected chi connectivity index (χ4v) is 7.59. The van der Waals surface area contributed by atoms with Crippen LogP contribution in [0.15, 0.2) is 40.6 Å². The molecule has 1 atom stereocenters. The molecule has 5 heteroatoms. The van der Waals surface area contributed by atoms with E-state index in [1.807, 2.05) is 0 Å². The van der Waals surface area contributed by atoms with E-state index in [1.54, 1.807) is 0 Å². The zero-order valence-electron chi connectivity index (χ0n) is 17.3. The summed E-state index contributed by atoms with van der Waals surface area (Å²) in [6.07, 6.45) is 15.9. The van der Waals surface area contributed by atoms with Crippen molar-refractivity contribution in [2.75, 3.05) is 6.61 Å². The number of ether oxygens (including phenoxy) is 1. The van der Waals surface area contributed by atoms with Crippen LogP contribution in [-0.4, -0.2) is 19.9 Å². The van der Waals surface area contributed by atoms with Gasteiger partial charge in [0, 0.05) is 6.61 Å². The Hall–Kier alpha value is 0.431. The zero-order valence-corrected chi connectivity index (χ0v) is 21.4. The van der Waals surface area contributed by atoms with Crippen molar-refractivity contribution in [1.82, 2.24) is 0 Å². The third-order valence-electron chi connectivity index (χ3n) is 5.26. The SMILES string of the molecule is CCCOC1([Si](C)(C)C2=[C-]CC=C2)CC=C(C)C=C1C(C)(C)C.[Cl-].[Cl-].[Ti+3]. The summed E-state index contributed by atoms with van der Waals surface area (Å²) in [6.45, 7) is 17.2. The van der Waals surface area contributed by atoms with Crippen LogP contribution in [0.4, 0.5) is 0 Å². The summed E-state index contributed by atoms with van der Waals surface area (Å²) < 4.78 is 6.74. The van der Waals surface area contributed by atoms with E-state index < -0.39 is 8.07 Å². The molecular formula is C21H33Cl2OSiTi. The first-order chi connectivity index (χ1) is 10.6. The molecule has 26 heavy (non-hydrogen) atoms. The smallest absolute Gasteiger partial charge is 1.00 e. The summed E-state index contributed by atoms with van der Waals surface area (Å²) in [5, 5.41) is 1.27. The van der Waals surface area contributed by atoms with Crippen molar-refractivity contribution in [2.24, 2.45) is 5.41 Å². The summed E-state index contributed by atoms with van der Waals surface area (Å²) in [5.41, 5.74) is 2.95. The van der Waals surface area contributed by atoms with E-state index in [-0.39, 0.29) is 57.2 Å². The molecule has 0 bridgehead atoms. The van der Waals surface area contributed by atoms with Crippen LogP contribution >= 0.6 is 0 Å². The summed E-state index contributed by atoms with van der Waals surface area (Å²) in [5.74, 6) is 0. The second-order valence-electron chi connectivity index (χ2n) is 8.46. The van der Waals surface area contributed by atoms with Gasteiger partial charge in [0.2, 0.25) is 0 Å². The largest absolute Gasteiger partial charge is 3.00 e. The summed E-state index contributed by atoms with van der Waals surface area (Å²) in [7, 11) is -1.88. The van der Waals surface area contributed by atoms with Gasteiger partial charge in [-0.05, 0) is 30.8 Å². The molecule has 2 aliphatic carbocycles. The minimum absolute atomic E-state index is 0. The van der Waals surface area contributed by atoms with Gasteiger partial charge in [0.05, 0.1) is 13.3 Å². The summed E-state index contributed by atoms with van der Waals surface area (Å²) in [4.78, 5) is 0. The van der Waals surface area contributed by atoms with E-state index in [1.165, 1.54) is 16.3 Å². The summed E-state index contributed by atoms with van der Waals surface area (Å²) >= 11 is 0. The van der Waals surface area contributed by atoms with Crippen LogP contribution in [0.25, 0.3) is 0 Å². The Balaban J connectivity index is 0. The Morgan fingerprint density at radius 1 is 1.23 bits per heavy atom. The first-order valence-corrected chi connectivity index (χ1v) is 12.0. The van der Waals surface area contributed by atoms with Crippen LogP contribution in [0.3, 0.4) is 0 Å². The second-order valence-corrected chi connectivity index (χ2v) is 13.1. The fourth-order valence-electron chi connectivity index (χ4n) is 3.88. The molecule has 0 fully saturated rings. The van der Waals surface area contributed by atoms with Gasteiger partial charge in [-0.3, -0.25) is 6.08 Å². The van der Waals surface area contributed by atoms with Crippen LogP contribution < -0.4 is 24.8 Å². The number of hydrogen-bond acceptors (Lipinski definition) is 1. The van der Waals surface area contributed by atoms with Gasteiger partial charge in [0.25, 0.3) is 0 Å². The van der Waals surface area contributed by atoms with Gasteiger partial charge < -0.3 is 29.6 Å². The normalized spacial score (nSPS) is 22.3. The van der Waals surface area contributed by atoms with E-state index in [2.05, 4.69) is 78.1 Å². The Morgan fingerprint density at radius 2 is 1.85 bits per heavy atom. The van der Waals surface area contributed by atoms with Crippen LogP contribution in [0.2, 0.25) is 13.1 Å². The van der Waals surface area contributed by atoms with Gasteiger partial charge in [-0.15, -0.1) is 6.42 Å². The Kier molecular flexibility index (Phi) is 11.9. The second kappa shape index (κ2) is 10.8. The molecule has 0 aliphatic heterocycles. The van der Waals surface area contributed by atoms with Gasteiger partial charge in [0.15, 0.2) is 0 Å². The maximum Gasteiger partial charge on any atom is 3.00 e. The van der Waals surface area contributed by atoms with Crippen molar-refractivity contribution in [3.8, 4) is 0 Å². The molecule has 0 aromatic rings. The van der Waals surface area contributed by atoms with Gasteiger partial charge in [-0.1, -0.05) is 58.5 Å². The van der Waals surface area contributed by atoms with Gasteiger partial charge >= 0.3 is 21.7 Å². The van der Waals surface area contributed by atoms with Crippen molar-refractivity contribution in [3.05, 3.63) is 46.7 Å². The quantitative estimate of drug-likeness (QED) is 0.424. The third kappa shape index (κ3) is 5.49. The number of rotatable bonds is 5. The minimum atomic E-state index is -1.88. The number of halogens is 2. The van der Waals surface area contributed by atoms with Gasteiger partial charge in [0.1, 0.15) is 0 Å². The van der Waals surface area contributed by atoms with Crippen LogP contribution in [0.5, 0.6) is 0 Å². The Morgan fingerprint density at radius 3 is 2.31 bits per heavy atom. The molecule has 0 saturated carbocycles. The molecule has 0 saturated heterocycles. The van der Waals surface area contributed by atoms with Crippen molar-refractivity contribution in [1.29, 1.82) is 0 Å². The van der Waals surface area contributed by atoms with E-state index in [0.717, 1.165) is 25.9 Å². The van der Waals surface area contributed by atoms with Gasteiger partial charge in [-0.2, -0.15) is 6.08 Å². The molecule has 0 heterocycles. The molecule has 0 N–H and O–H groups in total. The maximum atomic E-state index is 6.74. The van der Waals surface area contributed by atoms with Crippen LogP contribution in [-0.2, 0) is 26.5 Å². The van der Waals surface area contributed by atoms with E-state index in [0.29, 0.717) is 0 Å². The molecule has 145 valence electrons. The first-order valence-electron chi connectivity index (χ1n) is 8.96. The van der Waals surface area contributed by atoms with Crippen molar-refractivity contribution in [2.45, 2.75) is 72.2 Å². The van der Waals surface area contributed by atoms with Crippen LogP contribution in [0.1, 0.15) is 53.9 Å². The molecule has 2 rings (SSSR count). The molecule has 0 amide bonds. The van der Waals surface area contributed by atoms with E-state index >= 15 is 0 Å². The van der Waals surface area contributed by atoms with E-state index in [4.69, 9.17) is 4.74 Å². The Labute approximate surface area is 189 Å². The molecule has 0 spiro atoms.